The van der Waals surface area contributed by atoms with Gasteiger partial charge in [0.15, 0.2) is 0 Å². The molecular weight excluding hydrogens is 456 g/mol. The van der Waals surface area contributed by atoms with Crippen molar-refractivity contribution in [2.45, 2.75) is 71.5 Å². The summed E-state index contributed by atoms with van der Waals surface area (Å²) in [5.74, 6) is 2.21. The molecule has 1 saturated carbocycles. The molecule has 36 heavy (non-hydrogen) atoms. The number of benzene rings is 2. The summed E-state index contributed by atoms with van der Waals surface area (Å²) in [6.45, 7) is 17.0. The quantitative estimate of drug-likeness (QED) is 0.289. The van der Waals surface area contributed by atoms with Crippen molar-refractivity contribution >= 4 is 22.7 Å². The molecule has 0 heterocycles. The summed E-state index contributed by atoms with van der Waals surface area (Å²) >= 11 is 0. The summed E-state index contributed by atoms with van der Waals surface area (Å²) in [5, 5.41) is 1.94. The van der Waals surface area contributed by atoms with E-state index in [1.165, 1.54) is 11.1 Å². The summed E-state index contributed by atoms with van der Waals surface area (Å²) in [5.41, 5.74) is 3.14. The van der Waals surface area contributed by atoms with E-state index in [2.05, 4.69) is 20.1 Å². The van der Waals surface area contributed by atoms with Crippen molar-refractivity contribution in [2.24, 2.45) is 5.92 Å². The SMILES string of the molecule is C=C(C)C(=O)OC(C)COc1c2c(c(OCC(C)OC(=O)C(=C)C)c3ccccc13)C1CC2CC1C. The number of esters is 2. The molecule has 2 aromatic carbocycles. The molecule has 5 atom stereocenters. The minimum Gasteiger partial charge on any atom is -0.489 e. The van der Waals surface area contributed by atoms with E-state index in [-0.39, 0.29) is 13.2 Å². The van der Waals surface area contributed by atoms with Gasteiger partial charge in [-0.3, -0.25) is 0 Å². The van der Waals surface area contributed by atoms with Gasteiger partial charge in [-0.2, -0.15) is 0 Å². The highest BCUT2D eigenvalue weighted by atomic mass is 16.6. The third kappa shape index (κ3) is 4.99. The van der Waals surface area contributed by atoms with Crippen LogP contribution in [-0.2, 0) is 19.1 Å². The number of rotatable bonds is 10. The second-order valence-corrected chi connectivity index (χ2v) is 10.4. The molecule has 0 amide bonds. The van der Waals surface area contributed by atoms with Crippen LogP contribution in [0.3, 0.4) is 0 Å². The number of carbonyl (C=O) groups is 2. The second kappa shape index (κ2) is 10.4. The van der Waals surface area contributed by atoms with E-state index in [0.717, 1.165) is 35.1 Å². The number of fused-ring (bicyclic) bond motifs is 6. The van der Waals surface area contributed by atoms with Crippen LogP contribution in [0.1, 0.15) is 70.4 Å². The maximum Gasteiger partial charge on any atom is 0.333 e. The lowest BCUT2D eigenvalue weighted by Crippen LogP contribution is -2.24. The molecule has 192 valence electrons. The molecule has 0 N–H and O–H groups in total. The molecule has 0 aliphatic heterocycles. The van der Waals surface area contributed by atoms with Crippen LogP contribution < -0.4 is 9.47 Å². The number of hydrogen-bond donors (Lipinski definition) is 0. The lowest BCUT2D eigenvalue weighted by molar-refractivity contribution is -0.145. The van der Waals surface area contributed by atoms with E-state index in [9.17, 15) is 9.59 Å². The van der Waals surface area contributed by atoms with Crippen LogP contribution in [0.2, 0.25) is 0 Å². The summed E-state index contributed by atoms with van der Waals surface area (Å²) in [6.07, 6.45) is 1.35. The Balaban J connectivity index is 1.68. The highest BCUT2D eigenvalue weighted by molar-refractivity contribution is 5.97. The van der Waals surface area contributed by atoms with Crippen molar-refractivity contribution in [3.05, 3.63) is 59.7 Å². The molecule has 2 bridgehead atoms. The average molecular weight is 493 g/mol. The Bertz CT molecular complexity index is 1210. The summed E-state index contributed by atoms with van der Waals surface area (Å²) < 4.78 is 23.7. The first-order valence-corrected chi connectivity index (χ1v) is 12.7. The molecule has 1 fully saturated rings. The van der Waals surface area contributed by atoms with Gasteiger partial charge in [-0.1, -0.05) is 44.3 Å². The lowest BCUT2D eigenvalue weighted by atomic mass is 9.82. The third-order valence-corrected chi connectivity index (χ3v) is 7.09. The summed E-state index contributed by atoms with van der Waals surface area (Å²) in [4.78, 5) is 23.9. The van der Waals surface area contributed by atoms with Gasteiger partial charge in [0.05, 0.1) is 0 Å². The first kappa shape index (κ1) is 25.8. The lowest BCUT2D eigenvalue weighted by Gasteiger charge is -2.29. The number of carbonyl (C=O) groups excluding carboxylic acids is 2. The fourth-order valence-electron chi connectivity index (χ4n) is 5.42. The van der Waals surface area contributed by atoms with Gasteiger partial charge in [0, 0.05) is 33.0 Å². The number of ether oxygens (including phenoxy) is 4. The Hall–Kier alpha value is -3.28. The van der Waals surface area contributed by atoms with Crippen molar-refractivity contribution < 1.29 is 28.5 Å². The predicted molar refractivity (Wildman–Crippen MR) is 140 cm³/mol. The molecular formula is C30H36O6. The van der Waals surface area contributed by atoms with Crippen molar-refractivity contribution in [3.8, 4) is 11.5 Å². The molecule has 0 spiro atoms. The molecule has 2 aliphatic rings. The summed E-state index contributed by atoms with van der Waals surface area (Å²) in [7, 11) is 0. The molecule has 0 saturated heterocycles. The van der Waals surface area contributed by atoms with Gasteiger partial charge in [0.25, 0.3) is 0 Å². The van der Waals surface area contributed by atoms with E-state index < -0.39 is 24.1 Å². The van der Waals surface area contributed by atoms with Gasteiger partial charge in [-0.15, -0.1) is 0 Å². The molecule has 0 aromatic heterocycles. The fourth-order valence-corrected chi connectivity index (χ4v) is 5.42. The van der Waals surface area contributed by atoms with Crippen molar-refractivity contribution in [3.63, 3.8) is 0 Å². The minimum absolute atomic E-state index is 0.245. The third-order valence-electron chi connectivity index (χ3n) is 7.09. The maximum atomic E-state index is 12.0. The van der Waals surface area contributed by atoms with E-state index in [0.29, 0.717) is 28.9 Å². The predicted octanol–water partition coefficient (Wildman–Crippen LogP) is 6.22. The topological polar surface area (TPSA) is 71.1 Å². The Morgan fingerprint density at radius 3 is 1.81 bits per heavy atom. The molecule has 0 radical (unpaired) electrons. The minimum atomic E-state index is -0.418. The maximum absolute atomic E-state index is 12.0. The van der Waals surface area contributed by atoms with Crippen LogP contribution >= 0.6 is 0 Å². The highest BCUT2D eigenvalue weighted by Crippen LogP contribution is 2.63. The molecule has 5 unspecified atom stereocenters. The Morgan fingerprint density at radius 1 is 0.861 bits per heavy atom. The molecule has 6 nitrogen and oxygen atoms in total. The zero-order chi connectivity index (χ0) is 26.1. The van der Waals surface area contributed by atoms with Crippen LogP contribution in [0.4, 0.5) is 0 Å². The van der Waals surface area contributed by atoms with Crippen LogP contribution in [-0.4, -0.2) is 37.4 Å². The first-order chi connectivity index (χ1) is 17.1. The zero-order valence-corrected chi connectivity index (χ0v) is 21.9. The fraction of sp³-hybridized carbons (Fsp3) is 0.467. The van der Waals surface area contributed by atoms with E-state index >= 15 is 0 Å². The Morgan fingerprint density at radius 2 is 1.33 bits per heavy atom. The largest absolute Gasteiger partial charge is 0.489 e. The molecule has 2 aromatic rings. The van der Waals surface area contributed by atoms with E-state index in [1.54, 1.807) is 13.8 Å². The standard InChI is InChI=1S/C30H36O6/c1-16(2)29(31)35-19(6)14-33-27-22-10-8-9-11-23(22)28(34-15-20(7)36-30(32)17(3)4)26-24-13-21(25(26)27)12-18(24)5/h8-11,18-21,24H,1,3,12-15H2,2,4-7H3. The Labute approximate surface area is 213 Å². The van der Waals surface area contributed by atoms with Crippen LogP contribution in [0.25, 0.3) is 10.8 Å². The van der Waals surface area contributed by atoms with Crippen LogP contribution in [0.5, 0.6) is 11.5 Å². The van der Waals surface area contributed by atoms with Crippen LogP contribution in [0.15, 0.2) is 48.6 Å². The monoisotopic (exact) mass is 492 g/mol. The van der Waals surface area contributed by atoms with Crippen LogP contribution in [0, 0.1) is 5.92 Å². The number of hydrogen-bond acceptors (Lipinski definition) is 6. The summed E-state index contributed by atoms with van der Waals surface area (Å²) in [6, 6.07) is 8.07. The highest BCUT2D eigenvalue weighted by Gasteiger charge is 2.46. The van der Waals surface area contributed by atoms with E-state index in [1.807, 2.05) is 38.1 Å². The van der Waals surface area contributed by atoms with E-state index in [4.69, 9.17) is 18.9 Å². The normalized spacial score (nSPS) is 21.4. The zero-order valence-electron chi connectivity index (χ0n) is 21.9. The van der Waals surface area contributed by atoms with Gasteiger partial charge in [-0.05, 0) is 58.3 Å². The van der Waals surface area contributed by atoms with Gasteiger partial charge in [-0.25, -0.2) is 9.59 Å². The first-order valence-electron chi connectivity index (χ1n) is 12.7. The molecule has 6 heteroatoms. The smallest absolute Gasteiger partial charge is 0.333 e. The van der Waals surface area contributed by atoms with Crippen molar-refractivity contribution in [1.82, 2.24) is 0 Å². The second-order valence-electron chi connectivity index (χ2n) is 10.4. The van der Waals surface area contributed by atoms with Gasteiger partial charge < -0.3 is 18.9 Å². The molecule has 2 aliphatic carbocycles. The Kier molecular flexibility index (Phi) is 7.43. The van der Waals surface area contributed by atoms with Crippen molar-refractivity contribution in [2.75, 3.05) is 13.2 Å². The molecule has 4 rings (SSSR count). The van der Waals surface area contributed by atoms with Gasteiger partial charge in [0.2, 0.25) is 0 Å². The van der Waals surface area contributed by atoms with Crippen molar-refractivity contribution in [1.29, 1.82) is 0 Å². The van der Waals surface area contributed by atoms with Gasteiger partial charge in [0.1, 0.15) is 36.9 Å². The average Bonchev–Trinajstić information content (AvgIpc) is 3.38. The van der Waals surface area contributed by atoms with Gasteiger partial charge >= 0.3 is 11.9 Å².